The first kappa shape index (κ1) is 14.5. The van der Waals surface area contributed by atoms with Crippen LogP contribution in [-0.2, 0) is 16.5 Å². The predicted molar refractivity (Wildman–Crippen MR) is 83.6 cm³/mol. The lowest BCUT2D eigenvalue weighted by atomic mass is 9.98. The lowest BCUT2D eigenvalue weighted by Gasteiger charge is -2.04. The third-order valence-electron chi connectivity index (χ3n) is 3.39. The van der Waals surface area contributed by atoms with Crippen LogP contribution < -0.4 is 0 Å². The van der Waals surface area contributed by atoms with Gasteiger partial charge in [-0.25, -0.2) is 12.8 Å². The molecule has 0 saturated heterocycles. The fourth-order valence-electron chi connectivity index (χ4n) is 2.31. The Kier molecular flexibility index (Phi) is 4.06. The van der Waals surface area contributed by atoms with Gasteiger partial charge >= 0.3 is 0 Å². The SMILES string of the molecule is O=[SH](=O)Cc1ccc(-c2cocc2-c2ccc(F)cc2)cc1. The summed E-state index contributed by atoms with van der Waals surface area (Å²) >= 11 is 0. The predicted octanol–water partition coefficient (Wildman–Crippen LogP) is 3.86. The van der Waals surface area contributed by atoms with Gasteiger partial charge in [0.25, 0.3) is 0 Å². The summed E-state index contributed by atoms with van der Waals surface area (Å²) in [4.78, 5) is 0. The minimum atomic E-state index is -2.43. The van der Waals surface area contributed by atoms with Gasteiger partial charge in [0, 0.05) is 11.1 Å². The Balaban J connectivity index is 1.96. The number of furan rings is 1. The average Bonchev–Trinajstić information content (AvgIpc) is 2.97. The number of halogens is 1. The molecule has 112 valence electrons. The Morgan fingerprint density at radius 2 is 1.32 bits per heavy atom. The molecule has 0 aliphatic heterocycles. The van der Waals surface area contributed by atoms with Gasteiger partial charge < -0.3 is 4.42 Å². The topological polar surface area (TPSA) is 47.3 Å². The van der Waals surface area contributed by atoms with E-state index in [1.54, 1.807) is 36.8 Å². The molecule has 0 N–H and O–H groups in total. The van der Waals surface area contributed by atoms with E-state index in [-0.39, 0.29) is 11.6 Å². The van der Waals surface area contributed by atoms with E-state index < -0.39 is 10.7 Å². The van der Waals surface area contributed by atoms with Crippen molar-refractivity contribution in [2.45, 2.75) is 5.75 Å². The molecule has 0 saturated carbocycles. The van der Waals surface area contributed by atoms with Crippen molar-refractivity contribution in [2.24, 2.45) is 0 Å². The van der Waals surface area contributed by atoms with Crippen molar-refractivity contribution >= 4 is 10.7 Å². The van der Waals surface area contributed by atoms with Gasteiger partial charge in [0.05, 0.1) is 18.3 Å². The van der Waals surface area contributed by atoms with Crippen LogP contribution in [0.1, 0.15) is 5.56 Å². The van der Waals surface area contributed by atoms with E-state index in [4.69, 9.17) is 4.42 Å². The number of hydrogen-bond acceptors (Lipinski definition) is 3. The maximum Gasteiger partial charge on any atom is 0.144 e. The summed E-state index contributed by atoms with van der Waals surface area (Å²) < 4.78 is 39.8. The highest BCUT2D eigenvalue weighted by molar-refractivity contribution is 7.71. The Labute approximate surface area is 129 Å². The van der Waals surface area contributed by atoms with Gasteiger partial charge in [0.15, 0.2) is 0 Å². The minimum absolute atomic E-state index is 0.0336. The molecule has 2 aromatic carbocycles. The first-order valence-corrected chi connectivity index (χ1v) is 8.03. The molecule has 0 fully saturated rings. The Bertz CT molecular complexity index is 838. The molecule has 0 aliphatic rings. The molecule has 0 bridgehead atoms. The molecule has 1 heterocycles. The molecule has 22 heavy (non-hydrogen) atoms. The van der Waals surface area contributed by atoms with Gasteiger partial charge in [-0.15, -0.1) is 0 Å². The van der Waals surface area contributed by atoms with Crippen LogP contribution in [0.4, 0.5) is 4.39 Å². The van der Waals surface area contributed by atoms with E-state index in [1.165, 1.54) is 12.1 Å². The summed E-state index contributed by atoms with van der Waals surface area (Å²) in [6.07, 6.45) is 3.24. The highest BCUT2D eigenvalue weighted by Gasteiger charge is 2.10. The highest BCUT2D eigenvalue weighted by Crippen LogP contribution is 2.33. The van der Waals surface area contributed by atoms with Gasteiger partial charge in [0.1, 0.15) is 16.5 Å². The van der Waals surface area contributed by atoms with Crippen molar-refractivity contribution in [1.82, 2.24) is 0 Å². The zero-order valence-corrected chi connectivity index (χ0v) is 12.4. The fraction of sp³-hybridized carbons (Fsp3) is 0.0588. The van der Waals surface area contributed by atoms with E-state index >= 15 is 0 Å². The van der Waals surface area contributed by atoms with Crippen molar-refractivity contribution in [3.05, 3.63) is 72.4 Å². The Morgan fingerprint density at radius 1 is 0.818 bits per heavy atom. The van der Waals surface area contributed by atoms with Gasteiger partial charge in [-0.1, -0.05) is 36.4 Å². The van der Waals surface area contributed by atoms with Crippen molar-refractivity contribution in [3.63, 3.8) is 0 Å². The van der Waals surface area contributed by atoms with E-state index in [0.717, 1.165) is 27.8 Å². The minimum Gasteiger partial charge on any atom is -0.471 e. The van der Waals surface area contributed by atoms with E-state index in [9.17, 15) is 12.8 Å². The van der Waals surface area contributed by atoms with E-state index in [0.29, 0.717) is 0 Å². The first-order chi connectivity index (χ1) is 10.6. The van der Waals surface area contributed by atoms with Gasteiger partial charge in [0.2, 0.25) is 0 Å². The van der Waals surface area contributed by atoms with Crippen LogP contribution in [0.2, 0.25) is 0 Å². The van der Waals surface area contributed by atoms with Crippen LogP contribution in [0.25, 0.3) is 22.3 Å². The van der Waals surface area contributed by atoms with Crippen molar-refractivity contribution in [1.29, 1.82) is 0 Å². The lowest BCUT2D eigenvalue weighted by Crippen LogP contribution is -1.87. The fourth-order valence-corrected chi connectivity index (χ4v) is 2.82. The van der Waals surface area contributed by atoms with Crippen molar-refractivity contribution in [3.8, 4) is 22.3 Å². The van der Waals surface area contributed by atoms with Gasteiger partial charge in [-0.05, 0) is 28.8 Å². The average molecular weight is 316 g/mol. The quantitative estimate of drug-likeness (QED) is 0.743. The number of thiol groups is 1. The number of hydrogen-bond donors (Lipinski definition) is 1. The van der Waals surface area contributed by atoms with E-state index in [1.807, 2.05) is 12.1 Å². The third kappa shape index (κ3) is 3.09. The molecular weight excluding hydrogens is 303 g/mol. The maximum atomic E-state index is 13.0. The second-order valence-electron chi connectivity index (χ2n) is 4.89. The molecule has 0 radical (unpaired) electrons. The molecule has 0 atom stereocenters. The van der Waals surface area contributed by atoms with Crippen LogP contribution in [-0.4, -0.2) is 8.42 Å². The van der Waals surface area contributed by atoms with Crippen LogP contribution in [0.5, 0.6) is 0 Å². The lowest BCUT2D eigenvalue weighted by molar-refractivity contribution is 0.569. The second-order valence-corrected chi connectivity index (χ2v) is 5.88. The molecule has 3 nitrogen and oxygen atoms in total. The summed E-state index contributed by atoms with van der Waals surface area (Å²) in [5, 5.41) is 0. The number of rotatable bonds is 4. The molecule has 1 aromatic heterocycles. The van der Waals surface area contributed by atoms with E-state index in [2.05, 4.69) is 0 Å². The smallest absolute Gasteiger partial charge is 0.144 e. The van der Waals surface area contributed by atoms with Gasteiger partial charge in [-0.2, -0.15) is 0 Å². The zero-order valence-electron chi connectivity index (χ0n) is 11.5. The second kappa shape index (κ2) is 6.15. The first-order valence-electron chi connectivity index (χ1n) is 6.67. The molecule has 5 heteroatoms. The molecule has 0 amide bonds. The standard InChI is InChI=1S/C17H13FO3S/c18-15-7-5-14(6-8-15)17-10-21-9-16(17)13-3-1-12(2-4-13)11-22(19)20/h1-10,22H,11H2. The molecule has 3 aromatic rings. The Hall–Kier alpha value is -2.40. The third-order valence-corrected chi connectivity index (χ3v) is 4.02. The largest absolute Gasteiger partial charge is 0.471 e. The summed E-state index contributed by atoms with van der Waals surface area (Å²) in [5.41, 5.74) is 4.26. The summed E-state index contributed by atoms with van der Waals surface area (Å²) in [7, 11) is -2.43. The molecule has 0 spiro atoms. The molecular formula is C17H13FO3S. The number of benzene rings is 2. The summed E-state index contributed by atoms with van der Waals surface area (Å²) in [5.74, 6) is -0.254. The maximum absolute atomic E-state index is 13.0. The molecule has 0 aliphatic carbocycles. The van der Waals surface area contributed by atoms with Crippen molar-refractivity contribution in [2.75, 3.05) is 0 Å². The van der Waals surface area contributed by atoms with Crippen LogP contribution in [0, 0.1) is 5.82 Å². The summed E-state index contributed by atoms with van der Waals surface area (Å²) in [6, 6.07) is 13.5. The highest BCUT2D eigenvalue weighted by atomic mass is 32.2. The Morgan fingerprint density at radius 3 is 1.82 bits per heavy atom. The van der Waals surface area contributed by atoms with Gasteiger partial charge in [-0.3, -0.25) is 0 Å². The summed E-state index contributed by atoms with van der Waals surface area (Å²) in [6.45, 7) is 0. The normalized spacial score (nSPS) is 11.0. The molecule has 3 rings (SSSR count). The van der Waals surface area contributed by atoms with Crippen molar-refractivity contribution < 1.29 is 17.2 Å². The molecule has 0 unspecified atom stereocenters. The van der Waals surface area contributed by atoms with Crippen LogP contribution in [0.15, 0.2) is 65.5 Å². The monoisotopic (exact) mass is 316 g/mol. The van der Waals surface area contributed by atoms with Crippen LogP contribution in [0.3, 0.4) is 0 Å². The zero-order chi connectivity index (χ0) is 15.5. The van der Waals surface area contributed by atoms with Crippen LogP contribution >= 0.6 is 0 Å².